The third kappa shape index (κ3) is 3.17. The number of amides is 1. The highest BCUT2D eigenvalue weighted by Gasteiger charge is 2.23. The second kappa shape index (κ2) is 6.05. The average molecular weight is 276 g/mol. The molecule has 0 unspecified atom stereocenters. The van der Waals surface area contributed by atoms with Crippen molar-refractivity contribution in [2.75, 3.05) is 6.54 Å². The second-order valence-corrected chi connectivity index (χ2v) is 5.01. The van der Waals surface area contributed by atoms with Crippen LogP contribution in [0.25, 0.3) is 11.0 Å². The standard InChI is InChI=1S/C15H20N2O3/c1-3-15(19,4-2)10-16-14(18)9-12-11-7-5-6-8-13(11)20-17-12/h5-8,19H,3-4,9-10H2,1-2H3,(H,16,18). The number of aromatic nitrogens is 1. The monoisotopic (exact) mass is 276 g/mol. The predicted molar refractivity (Wildman–Crippen MR) is 76.3 cm³/mol. The molecule has 1 aromatic heterocycles. The van der Waals surface area contributed by atoms with Crippen molar-refractivity contribution in [3.05, 3.63) is 30.0 Å². The van der Waals surface area contributed by atoms with Gasteiger partial charge in [0.2, 0.25) is 5.91 Å². The molecule has 2 aromatic rings. The number of para-hydroxylation sites is 1. The summed E-state index contributed by atoms with van der Waals surface area (Å²) in [6.07, 6.45) is 1.37. The van der Waals surface area contributed by atoms with Gasteiger partial charge >= 0.3 is 0 Å². The van der Waals surface area contributed by atoms with Crippen LogP contribution in [-0.2, 0) is 11.2 Å². The van der Waals surface area contributed by atoms with Crippen LogP contribution in [0.3, 0.4) is 0 Å². The zero-order valence-corrected chi connectivity index (χ0v) is 11.8. The lowest BCUT2D eigenvalue weighted by Gasteiger charge is -2.25. The molecule has 0 atom stereocenters. The molecule has 0 radical (unpaired) electrons. The fourth-order valence-corrected chi connectivity index (χ4v) is 2.04. The van der Waals surface area contributed by atoms with Crippen molar-refractivity contribution in [3.8, 4) is 0 Å². The molecular formula is C15H20N2O3. The first kappa shape index (κ1) is 14.5. The molecule has 20 heavy (non-hydrogen) atoms. The number of benzene rings is 1. The summed E-state index contributed by atoms with van der Waals surface area (Å²) in [5.74, 6) is -0.163. The topological polar surface area (TPSA) is 75.4 Å². The predicted octanol–water partition coefficient (Wildman–Crippen LogP) is 2.04. The number of hydrogen-bond acceptors (Lipinski definition) is 4. The van der Waals surface area contributed by atoms with Crippen LogP contribution >= 0.6 is 0 Å². The minimum absolute atomic E-state index is 0.153. The highest BCUT2D eigenvalue weighted by molar-refractivity contribution is 5.86. The maximum Gasteiger partial charge on any atom is 0.226 e. The Morgan fingerprint density at radius 1 is 1.35 bits per heavy atom. The third-order valence-electron chi connectivity index (χ3n) is 3.71. The van der Waals surface area contributed by atoms with E-state index in [-0.39, 0.29) is 18.9 Å². The summed E-state index contributed by atoms with van der Waals surface area (Å²) in [6, 6.07) is 7.44. The van der Waals surface area contributed by atoms with E-state index in [0.29, 0.717) is 24.1 Å². The van der Waals surface area contributed by atoms with E-state index in [4.69, 9.17) is 4.52 Å². The first-order valence-corrected chi connectivity index (χ1v) is 6.90. The average Bonchev–Trinajstić information content (AvgIpc) is 2.88. The minimum atomic E-state index is -0.832. The summed E-state index contributed by atoms with van der Waals surface area (Å²) >= 11 is 0. The Labute approximate surface area is 118 Å². The van der Waals surface area contributed by atoms with E-state index < -0.39 is 5.60 Å². The quantitative estimate of drug-likeness (QED) is 0.846. The van der Waals surface area contributed by atoms with Crippen molar-refractivity contribution >= 4 is 16.9 Å². The lowest BCUT2D eigenvalue weighted by atomic mass is 9.97. The van der Waals surface area contributed by atoms with Gasteiger partial charge in [-0.05, 0) is 25.0 Å². The van der Waals surface area contributed by atoms with Gasteiger partial charge in [-0.2, -0.15) is 0 Å². The molecule has 5 heteroatoms. The van der Waals surface area contributed by atoms with Gasteiger partial charge in [-0.3, -0.25) is 4.79 Å². The molecule has 0 aliphatic heterocycles. The van der Waals surface area contributed by atoms with Crippen LogP contribution in [0.15, 0.2) is 28.8 Å². The third-order valence-corrected chi connectivity index (χ3v) is 3.71. The number of aliphatic hydroxyl groups is 1. The van der Waals surface area contributed by atoms with Crippen LogP contribution in [-0.4, -0.2) is 28.3 Å². The fraction of sp³-hybridized carbons (Fsp3) is 0.467. The molecule has 0 saturated carbocycles. The molecule has 1 aromatic carbocycles. The number of rotatable bonds is 6. The number of hydrogen-bond donors (Lipinski definition) is 2. The first-order chi connectivity index (χ1) is 9.58. The van der Waals surface area contributed by atoms with Crippen molar-refractivity contribution in [2.24, 2.45) is 0 Å². The number of nitrogens with one attached hydrogen (secondary N) is 1. The lowest BCUT2D eigenvalue weighted by molar-refractivity contribution is -0.121. The van der Waals surface area contributed by atoms with E-state index in [1.54, 1.807) is 0 Å². The number of nitrogens with zero attached hydrogens (tertiary/aromatic N) is 1. The van der Waals surface area contributed by atoms with Crippen molar-refractivity contribution in [1.82, 2.24) is 10.5 Å². The van der Waals surface area contributed by atoms with Crippen molar-refractivity contribution in [3.63, 3.8) is 0 Å². The van der Waals surface area contributed by atoms with Gasteiger partial charge in [0.25, 0.3) is 0 Å². The highest BCUT2D eigenvalue weighted by atomic mass is 16.5. The SMILES string of the molecule is CCC(O)(CC)CNC(=O)Cc1noc2ccccc12. The van der Waals surface area contributed by atoms with Gasteiger partial charge in [-0.25, -0.2) is 0 Å². The van der Waals surface area contributed by atoms with Crippen molar-refractivity contribution < 1.29 is 14.4 Å². The zero-order chi connectivity index (χ0) is 14.6. The molecule has 1 heterocycles. The molecule has 0 aliphatic rings. The Kier molecular flexibility index (Phi) is 4.39. The molecule has 0 bridgehead atoms. The number of carbonyl (C=O) groups is 1. The van der Waals surface area contributed by atoms with E-state index in [0.717, 1.165) is 5.39 Å². The summed E-state index contributed by atoms with van der Waals surface area (Å²) in [7, 11) is 0. The largest absolute Gasteiger partial charge is 0.388 e. The molecule has 5 nitrogen and oxygen atoms in total. The molecule has 0 aliphatic carbocycles. The molecule has 1 amide bonds. The Bertz CT molecular complexity index is 588. The van der Waals surface area contributed by atoms with E-state index in [2.05, 4.69) is 10.5 Å². The summed E-state index contributed by atoms with van der Waals surface area (Å²) in [6.45, 7) is 4.07. The summed E-state index contributed by atoms with van der Waals surface area (Å²) < 4.78 is 5.16. The Morgan fingerprint density at radius 2 is 2.05 bits per heavy atom. The van der Waals surface area contributed by atoms with Gasteiger partial charge in [0.15, 0.2) is 5.58 Å². The summed E-state index contributed by atoms with van der Waals surface area (Å²) in [5, 5.41) is 17.7. The Hall–Kier alpha value is -1.88. The highest BCUT2D eigenvalue weighted by Crippen LogP contribution is 2.18. The van der Waals surface area contributed by atoms with Gasteiger partial charge in [-0.1, -0.05) is 31.1 Å². The fourth-order valence-electron chi connectivity index (χ4n) is 2.04. The molecule has 108 valence electrons. The summed E-state index contributed by atoms with van der Waals surface area (Å²) in [5.41, 5.74) is 0.463. The maximum absolute atomic E-state index is 11.9. The zero-order valence-electron chi connectivity index (χ0n) is 11.8. The lowest BCUT2D eigenvalue weighted by Crippen LogP contribution is -2.42. The van der Waals surface area contributed by atoms with Gasteiger partial charge in [0, 0.05) is 11.9 Å². The summed E-state index contributed by atoms with van der Waals surface area (Å²) in [4.78, 5) is 11.9. The van der Waals surface area contributed by atoms with Gasteiger partial charge < -0.3 is 14.9 Å². The molecular weight excluding hydrogens is 256 g/mol. The van der Waals surface area contributed by atoms with E-state index in [1.165, 1.54) is 0 Å². The minimum Gasteiger partial charge on any atom is -0.388 e. The number of fused-ring (bicyclic) bond motifs is 1. The van der Waals surface area contributed by atoms with Crippen LogP contribution < -0.4 is 5.32 Å². The first-order valence-electron chi connectivity index (χ1n) is 6.90. The van der Waals surface area contributed by atoms with Crippen LogP contribution in [0, 0.1) is 0 Å². The molecule has 2 N–H and O–H groups in total. The smallest absolute Gasteiger partial charge is 0.226 e. The van der Waals surface area contributed by atoms with Gasteiger partial charge in [-0.15, -0.1) is 0 Å². The van der Waals surface area contributed by atoms with E-state index >= 15 is 0 Å². The van der Waals surface area contributed by atoms with Crippen LogP contribution in [0.5, 0.6) is 0 Å². The van der Waals surface area contributed by atoms with Gasteiger partial charge in [0.1, 0.15) is 5.69 Å². The number of carbonyl (C=O) groups excluding carboxylic acids is 1. The Morgan fingerprint density at radius 3 is 2.75 bits per heavy atom. The second-order valence-electron chi connectivity index (χ2n) is 5.01. The maximum atomic E-state index is 11.9. The van der Waals surface area contributed by atoms with Crippen LogP contribution in [0.4, 0.5) is 0 Å². The van der Waals surface area contributed by atoms with Crippen LogP contribution in [0.2, 0.25) is 0 Å². The van der Waals surface area contributed by atoms with E-state index in [1.807, 2.05) is 38.1 Å². The van der Waals surface area contributed by atoms with E-state index in [9.17, 15) is 9.90 Å². The van der Waals surface area contributed by atoms with Gasteiger partial charge in [0.05, 0.1) is 12.0 Å². The van der Waals surface area contributed by atoms with Crippen LogP contribution in [0.1, 0.15) is 32.4 Å². The normalized spacial score (nSPS) is 11.8. The molecule has 2 rings (SSSR count). The van der Waals surface area contributed by atoms with Crippen molar-refractivity contribution in [2.45, 2.75) is 38.7 Å². The molecule has 0 saturated heterocycles. The molecule has 0 fully saturated rings. The van der Waals surface area contributed by atoms with Crippen molar-refractivity contribution in [1.29, 1.82) is 0 Å². The Balaban J connectivity index is 1.98. The molecule has 0 spiro atoms.